The van der Waals surface area contributed by atoms with Gasteiger partial charge in [-0.15, -0.1) is 0 Å². The lowest BCUT2D eigenvalue weighted by atomic mass is 9.82. The summed E-state index contributed by atoms with van der Waals surface area (Å²) in [4.78, 5) is 16.7. The van der Waals surface area contributed by atoms with Gasteiger partial charge in [-0.25, -0.2) is 15.0 Å². The molecule has 14 rings (SSSR count). The summed E-state index contributed by atoms with van der Waals surface area (Å²) in [5.41, 5.74) is 16.1. The zero-order valence-corrected chi connectivity index (χ0v) is 37.6. The van der Waals surface area contributed by atoms with Gasteiger partial charge in [0.05, 0.1) is 16.6 Å². The number of rotatable bonds is 6. The van der Waals surface area contributed by atoms with Crippen LogP contribution in [0.1, 0.15) is 29.0 Å². The SMILES string of the molecule is c1ccc(-c2ccc(-c3nc(-c4c(C5CCc6cc7ccccc7cc6-c6ccccc65)ccc5c4oc4ccccc45)nc(-c4cccc5c6ccccc6n(-c6ccccc6)c45)n3)cc2)cc1. The highest BCUT2D eigenvalue weighted by atomic mass is 16.3. The van der Waals surface area contributed by atoms with Crippen LogP contribution in [0.5, 0.6) is 0 Å². The minimum absolute atomic E-state index is 0.00203. The smallest absolute Gasteiger partial charge is 0.168 e. The van der Waals surface area contributed by atoms with E-state index < -0.39 is 0 Å². The van der Waals surface area contributed by atoms with Crippen LogP contribution in [0.25, 0.3) is 117 Å². The van der Waals surface area contributed by atoms with Gasteiger partial charge in [-0.2, -0.15) is 0 Å². The maximum absolute atomic E-state index is 7.04. The van der Waals surface area contributed by atoms with Crippen LogP contribution in [0.4, 0.5) is 0 Å². The highest BCUT2D eigenvalue weighted by Crippen LogP contribution is 2.48. The van der Waals surface area contributed by atoms with Gasteiger partial charge in [-0.1, -0.05) is 188 Å². The molecule has 5 nitrogen and oxygen atoms in total. The predicted molar refractivity (Wildman–Crippen MR) is 283 cm³/mol. The Bertz CT molecular complexity index is 4130. The van der Waals surface area contributed by atoms with Crippen molar-refractivity contribution in [1.29, 1.82) is 0 Å². The number of hydrogen-bond acceptors (Lipinski definition) is 4. The summed E-state index contributed by atoms with van der Waals surface area (Å²) in [6, 6.07) is 80.2. The number of aryl methyl sites for hydroxylation is 1. The monoisotopic (exact) mass is 882 g/mol. The number of benzene rings is 10. The van der Waals surface area contributed by atoms with E-state index in [0.717, 1.165) is 90.3 Å². The van der Waals surface area contributed by atoms with Gasteiger partial charge in [-0.3, -0.25) is 0 Å². The molecule has 0 amide bonds. The van der Waals surface area contributed by atoms with E-state index in [1.807, 2.05) is 6.07 Å². The summed E-state index contributed by atoms with van der Waals surface area (Å²) < 4.78 is 9.40. The van der Waals surface area contributed by atoms with E-state index in [1.54, 1.807) is 0 Å². The zero-order chi connectivity index (χ0) is 45.4. The van der Waals surface area contributed by atoms with Crippen LogP contribution in [-0.4, -0.2) is 19.5 Å². The Kier molecular flexibility index (Phi) is 9.02. The molecular formula is C64H42N4O. The maximum atomic E-state index is 7.04. The molecule has 69 heavy (non-hydrogen) atoms. The first kappa shape index (κ1) is 39.3. The molecule has 0 aliphatic heterocycles. The van der Waals surface area contributed by atoms with Gasteiger partial charge in [0.15, 0.2) is 17.5 Å². The standard InChI is InChI=1S/C64H42N4O/c1-3-16-40(17-4-1)41-30-32-42(33-31-41)62-65-63(55-27-15-26-53-50-24-11-13-28-57(50)68(60(53)55)46-20-5-2-6-21-46)67-64(66-62)59-52(36-37-54-51-25-12-14-29-58(51)69-61(54)59)49-35-34-45-38-43-18-7-8-19-44(43)39-56(45)48-23-10-9-22-47(48)49/h1-33,36-39,49H,34-35H2. The summed E-state index contributed by atoms with van der Waals surface area (Å²) in [5, 5.41) is 6.90. The van der Waals surface area contributed by atoms with E-state index in [0.29, 0.717) is 17.5 Å². The summed E-state index contributed by atoms with van der Waals surface area (Å²) >= 11 is 0. The fourth-order valence-electron chi connectivity index (χ4n) is 11.1. The molecule has 0 fully saturated rings. The summed E-state index contributed by atoms with van der Waals surface area (Å²) in [6.07, 6.45) is 1.80. The van der Waals surface area contributed by atoms with Crippen molar-refractivity contribution in [3.8, 4) is 62.1 Å². The fourth-order valence-corrected chi connectivity index (χ4v) is 11.1. The molecule has 0 saturated heterocycles. The van der Waals surface area contributed by atoms with Crippen molar-refractivity contribution >= 4 is 54.5 Å². The van der Waals surface area contributed by atoms with Crippen LogP contribution in [-0.2, 0) is 6.42 Å². The van der Waals surface area contributed by atoms with Gasteiger partial charge in [-0.05, 0) is 99.0 Å². The van der Waals surface area contributed by atoms with E-state index in [4.69, 9.17) is 19.4 Å². The molecule has 0 saturated carbocycles. The van der Waals surface area contributed by atoms with Gasteiger partial charge >= 0.3 is 0 Å². The van der Waals surface area contributed by atoms with Crippen molar-refractivity contribution in [3.63, 3.8) is 0 Å². The second-order valence-corrected chi connectivity index (χ2v) is 18.2. The first-order valence-electron chi connectivity index (χ1n) is 23.8. The molecule has 0 bridgehead atoms. The van der Waals surface area contributed by atoms with Crippen LogP contribution >= 0.6 is 0 Å². The Morgan fingerprint density at radius 3 is 1.91 bits per heavy atom. The third kappa shape index (κ3) is 6.42. The van der Waals surface area contributed by atoms with Crippen molar-refractivity contribution in [1.82, 2.24) is 19.5 Å². The Morgan fingerprint density at radius 1 is 0.420 bits per heavy atom. The van der Waals surface area contributed by atoms with Crippen molar-refractivity contribution in [2.24, 2.45) is 0 Å². The van der Waals surface area contributed by atoms with E-state index in [1.165, 1.54) is 38.4 Å². The molecule has 3 aromatic heterocycles. The van der Waals surface area contributed by atoms with Crippen molar-refractivity contribution in [2.45, 2.75) is 18.8 Å². The Labute approximate surface area is 398 Å². The Hall–Kier alpha value is -8.93. The van der Waals surface area contributed by atoms with Gasteiger partial charge in [0, 0.05) is 44.3 Å². The molecule has 0 spiro atoms. The molecule has 13 aromatic rings. The predicted octanol–water partition coefficient (Wildman–Crippen LogP) is 16.4. The highest BCUT2D eigenvalue weighted by molar-refractivity contribution is 6.14. The molecule has 10 aromatic carbocycles. The van der Waals surface area contributed by atoms with Crippen LogP contribution in [0, 0.1) is 0 Å². The number of fused-ring (bicyclic) bond motifs is 10. The summed E-state index contributed by atoms with van der Waals surface area (Å²) in [7, 11) is 0. The second kappa shape index (κ2) is 15.9. The first-order chi connectivity index (χ1) is 34.2. The number of para-hydroxylation sites is 4. The lowest BCUT2D eigenvalue weighted by Gasteiger charge is -2.22. The van der Waals surface area contributed by atoms with Gasteiger partial charge in [0.1, 0.15) is 11.2 Å². The number of hydrogen-bond donors (Lipinski definition) is 0. The maximum Gasteiger partial charge on any atom is 0.168 e. The number of aromatic nitrogens is 4. The minimum Gasteiger partial charge on any atom is -0.455 e. The third-order valence-electron chi connectivity index (χ3n) is 14.3. The summed E-state index contributed by atoms with van der Waals surface area (Å²) in [5.74, 6) is 1.76. The van der Waals surface area contributed by atoms with Crippen LogP contribution in [0.2, 0.25) is 0 Å². The average Bonchev–Trinajstić information content (AvgIpc) is 3.92. The quantitative estimate of drug-likeness (QED) is 0.167. The van der Waals surface area contributed by atoms with E-state index in [9.17, 15) is 0 Å². The Balaban J connectivity index is 1.05. The van der Waals surface area contributed by atoms with Crippen LogP contribution < -0.4 is 0 Å². The van der Waals surface area contributed by atoms with Crippen molar-refractivity contribution in [2.75, 3.05) is 0 Å². The van der Waals surface area contributed by atoms with Crippen molar-refractivity contribution in [3.05, 3.63) is 241 Å². The van der Waals surface area contributed by atoms with Crippen LogP contribution in [0.15, 0.2) is 229 Å². The molecule has 1 aliphatic carbocycles. The molecule has 1 aliphatic rings. The zero-order valence-electron chi connectivity index (χ0n) is 37.6. The molecule has 324 valence electrons. The largest absolute Gasteiger partial charge is 0.455 e. The Morgan fingerprint density at radius 2 is 1.06 bits per heavy atom. The van der Waals surface area contributed by atoms with Gasteiger partial charge < -0.3 is 8.98 Å². The third-order valence-corrected chi connectivity index (χ3v) is 14.3. The normalized spacial score (nSPS) is 13.5. The van der Waals surface area contributed by atoms with Gasteiger partial charge in [0.25, 0.3) is 0 Å². The molecule has 5 heteroatoms. The molecule has 0 N–H and O–H groups in total. The molecule has 1 unspecified atom stereocenters. The lowest BCUT2D eigenvalue weighted by molar-refractivity contribution is 0.666. The minimum atomic E-state index is 0.00203. The van der Waals surface area contributed by atoms with E-state index >= 15 is 0 Å². The first-order valence-corrected chi connectivity index (χ1v) is 23.8. The fraction of sp³-hybridized carbons (Fsp3) is 0.0469. The highest BCUT2D eigenvalue weighted by Gasteiger charge is 2.30. The van der Waals surface area contributed by atoms with Crippen molar-refractivity contribution < 1.29 is 4.42 Å². The number of nitrogens with zero attached hydrogens (tertiary/aromatic N) is 4. The molecule has 1 atom stereocenters. The molecule has 3 heterocycles. The molecular weight excluding hydrogens is 841 g/mol. The van der Waals surface area contributed by atoms with Crippen LogP contribution in [0.3, 0.4) is 0 Å². The number of furan rings is 1. The average molecular weight is 883 g/mol. The van der Waals surface area contributed by atoms with E-state index in [2.05, 4.69) is 223 Å². The topological polar surface area (TPSA) is 56.7 Å². The lowest BCUT2D eigenvalue weighted by Crippen LogP contribution is -2.08. The second-order valence-electron chi connectivity index (χ2n) is 18.2. The van der Waals surface area contributed by atoms with E-state index in [-0.39, 0.29) is 5.92 Å². The molecule has 0 radical (unpaired) electrons. The van der Waals surface area contributed by atoms with Gasteiger partial charge in [0.2, 0.25) is 0 Å². The summed E-state index contributed by atoms with van der Waals surface area (Å²) in [6.45, 7) is 0.